The zero-order chi connectivity index (χ0) is 13.5. The number of carbonyl (C=O) groups excluding carboxylic acids is 1. The number of nitrogens with two attached hydrogens (primary N) is 1. The van der Waals surface area contributed by atoms with E-state index in [9.17, 15) is 13.2 Å². The van der Waals surface area contributed by atoms with E-state index in [1.54, 1.807) is 0 Å². The second-order valence-electron chi connectivity index (χ2n) is 4.71. The van der Waals surface area contributed by atoms with E-state index in [0.29, 0.717) is 21.9 Å². The van der Waals surface area contributed by atoms with Gasteiger partial charge < -0.3 is 11.1 Å². The molecule has 0 aromatic carbocycles. The lowest BCUT2D eigenvalue weighted by molar-refractivity contribution is 0.0943. The molecule has 5 nitrogen and oxygen atoms in total. The molecule has 1 aromatic heterocycles. The van der Waals surface area contributed by atoms with Gasteiger partial charge in [0.05, 0.1) is 22.1 Å². The van der Waals surface area contributed by atoms with Crippen molar-refractivity contribution in [1.82, 2.24) is 5.32 Å². The Kier molecular flexibility index (Phi) is 3.37. The topological polar surface area (TPSA) is 89.3 Å². The van der Waals surface area contributed by atoms with Gasteiger partial charge in [-0.25, -0.2) is 8.42 Å². The second-order valence-corrected chi connectivity index (χ2v) is 8.03. The molecule has 1 aromatic rings. The summed E-state index contributed by atoms with van der Waals surface area (Å²) in [5.74, 6) is -0.108. The van der Waals surface area contributed by atoms with Gasteiger partial charge in [-0.1, -0.05) is 0 Å². The molecule has 100 valence electrons. The first-order valence-corrected chi connectivity index (χ1v) is 8.35. The third-order valence-electron chi connectivity index (χ3n) is 2.78. The van der Waals surface area contributed by atoms with E-state index in [0.717, 1.165) is 5.56 Å². The Labute approximate surface area is 110 Å². The van der Waals surface area contributed by atoms with Crippen LogP contribution in [0.3, 0.4) is 0 Å². The first-order valence-electron chi connectivity index (χ1n) is 5.71. The molecule has 0 spiro atoms. The number of amides is 1. The summed E-state index contributed by atoms with van der Waals surface area (Å²) in [4.78, 5) is 12.8. The Morgan fingerprint density at radius 3 is 2.72 bits per heavy atom. The number of sulfone groups is 1. The molecule has 0 atom stereocenters. The summed E-state index contributed by atoms with van der Waals surface area (Å²) >= 11 is 1.21. The Hall–Kier alpha value is -1.08. The molecule has 0 fully saturated rings. The fourth-order valence-electron chi connectivity index (χ4n) is 2.03. The van der Waals surface area contributed by atoms with Gasteiger partial charge in [0.15, 0.2) is 9.84 Å². The number of thiophene rings is 1. The van der Waals surface area contributed by atoms with Crippen LogP contribution in [0.2, 0.25) is 0 Å². The lowest BCUT2D eigenvalue weighted by Gasteiger charge is -2.14. The van der Waals surface area contributed by atoms with E-state index in [4.69, 9.17) is 5.73 Å². The number of anilines is 1. The van der Waals surface area contributed by atoms with Gasteiger partial charge in [0, 0.05) is 10.9 Å². The van der Waals surface area contributed by atoms with Gasteiger partial charge in [0.2, 0.25) is 0 Å². The molecule has 0 saturated carbocycles. The number of nitrogens with one attached hydrogen (secondary N) is 1. The van der Waals surface area contributed by atoms with E-state index < -0.39 is 9.84 Å². The van der Waals surface area contributed by atoms with E-state index in [1.807, 2.05) is 13.8 Å². The highest BCUT2D eigenvalue weighted by Gasteiger charge is 2.29. The van der Waals surface area contributed by atoms with Crippen LogP contribution in [0.1, 0.15) is 34.6 Å². The fraction of sp³-hybridized carbons (Fsp3) is 0.545. The molecule has 3 N–H and O–H groups in total. The van der Waals surface area contributed by atoms with E-state index in [-0.39, 0.29) is 23.5 Å². The molecular weight excluding hydrogens is 272 g/mol. The zero-order valence-corrected chi connectivity index (χ0v) is 12.0. The quantitative estimate of drug-likeness (QED) is 0.847. The number of fused-ring (bicyclic) bond motifs is 1. The minimum absolute atomic E-state index is 0.00611. The Morgan fingerprint density at radius 2 is 2.11 bits per heavy atom. The molecule has 0 bridgehead atoms. The standard InChI is InChI=1S/C11H16N2O3S2/c1-6(2)13-11(14)9-7-3-4-18(15,16)5-8(7)17-10(9)12/h6H,3-5,12H2,1-2H3,(H,13,14). The molecular formula is C11H16N2O3S2. The summed E-state index contributed by atoms with van der Waals surface area (Å²) in [6.45, 7) is 3.74. The van der Waals surface area contributed by atoms with Crippen LogP contribution in [0.15, 0.2) is 0 Å². The molecule has 0 aliphatic carbocycles. The minimum Gasteiger partial charge on any atom is -0.390 e. The number of hydrogen-bond donors (Lipinski definition) is 2. The third kappa shape index (κ3) is 2.51. The largest absolute Gasteiger partial charge is 0.390 e. The smallest absolute Gasteiger partial charge is 0.254 e. The molecule has 1 aliphatic rings. The maximum Gasteiger partial charge on any atom is 0.254 e. The van der Waals surface area contributed by atoms with Crippen LogP contribution in [-0.4, -0.2) is 26.1 Å². The van der Waals surface area contributed by atoms with Crippen LogP contribution in [-0.2, 0) is 22.0 Å². The fourth-order valence-corrected chi connectivity index (χ4v) is 4.95. The predicted octanol–water partition coefficient (Wildman–Crippen LogP) is 0.939. The zero-order valence-electron chi connectivity index (χ0n) is 10.3. The van der Waals surface area contributed by atoms with Crippen LogP contribution in [0.5, 0.6) is 0 Å². The average molecular weight is 288 g/mol. The molecule has 7 heteroatoms. The van der Waals surface area contributed by atoms with E-state index in [1.165, 1.54) is 11.3 Å². The summed E-state index contributed by atoms with van der Waals surface area (Å²) in [6.07, 6.45) is 0.381. The average Bonchev–Trinajstić information content (AvgIpc) is 2.50. The highest BCUT2D eigenvalue weighted by Crippen LogP contribution is 2.35. The summed E-state index contributed by atoms with van der Waals surface area (Å²) in [5.41, 5.74) is 7.13. The maximum absolute atomic E-state index is 12.0. The van der Waals surface area contributed by atoms with E-state index >= 15 is 0 Å². The first-order chi connectivity index (χ1) is 8.30. The third-order valence-corrected chi connectivity index (χ3v) is 5.58. The number of rotatable bonds is 2. The van der Waals surface area contributed by atoms with E-state index in [2.05, 4.69) is 5.32 Å². The monoisotopic (exact) mass is 288 g/mol. The summed E-state index contributed by atoms with van der Waals surface area (Å²) in [7, 11) is -3.03. The highest BCUT2D eigenvalue weighted by molar-refractivity contribution is 7.90. The molecule has 0 saturated heterocycles. The van der Waals surface area contributed by atoms with Gasteiger partial charge >= 0.3 is 0 Å². The van der Waals surface area contributed by atoms with Gasteiger partial charge in [-0.3, -0.25) is 4.79 Å². The Morgan fingerprint density at radius 1 is 1.44 bits per heavy atom. The van der Waals surface area contributed by atoms with Gasteiger partial charge in [0.25, 0.3) is 5.91 Å². The van der Waals surface area contributed by atoms with Crippen LogP contribution in [0.25, 0.3) is 0 Å². The van der Waals surface area contributed by atoms with Crippen LogP contribution in [0, 0.1) is 0 Å². The van der Waals surface area contributed by atoms with Crippen molar-refractivity contribution in [2.24, 2.45) is 0 Å². The van der Waals surface area contributed by atoms with Crippen molar-refractivity contribution in [2.75, 3.05) is 11.5 Å². The maximum atomic E-state index is 12.0. The van der Waals surface area contributed by atoms with Crippen molar-refractivity contribution >= 4 is 32.1 Å². The van der Waals surface area contributed by atoms with Crippen LogP contribution in [0.4, 0.5) is 5.00 Å². The highest BCUT2D eigenvalue weighted by atomic mass is 32.2. The predicted molar refractivity (Wildman–Crippen MR) is 72.5 cm³/mol. The van der Waals surface area contributed by atoms with Crippen molar-refractivity contribution in [3.8, 4) is 0 Å². The molecule has 2 heterocycles. The molecule has 1 amide bonds. The van der Waals surface area contributed by atoms with Crippen molar-refractivity contribution in [2.45, 2.75) is 32.1 Å². The molecule has 0 unspecified atom stereocenters. The second kappa shape index (κ2) is 4.55. The number of hydrogen-bond acceptors (Lipinski definition) is 5. The van der Waals surface area contributed by atoms with Gasteiger partial charge in [-0.2, -0.15) is 0 Å². The summed E-state index contributed by atoms with van der Waals surface area (Å²) in [5, 5.41) is 3.21. The lowest BCUT2D eigenvalue weighted by Crippen LogP contribution is -2.31. The van der Waals surface area contributed by atoms with Crippen molar-refractivity contribution < 1.29 is 13.2 Å². The normalized spacial score (nSPS) is 17.5. The molecule has 2 rings (SSSR count). The number of nitrogen functional groups attached to an aromatic ring is 1. The van der Waals surface area contributed by atoms with Crippen molar-refractivity contribution in [1.29, 1.82) is 0 Å². The summed E-state index contributed by atoms with van der Waals surface area (Å²) < 4.78 is 23.1. The molecule has 0 radical (unpaired) electrons. The van der Waals surface area contributed by atoms with Gasteiger partial charge in [-0.15, -0.1) is 11.3 Å². The lowest BCUT2D eigenvalue weighted by atomic mass is 10.1. The molecule has 1 aliphatic heterocycles. The Balaban J connectivity index is 2.40. The number of carbonyl (C=O) groups is 1. The van der Waals surface area contributed by atoms with Crippen molar-refractivity contribution in [3.63, 3.8) is 0 Å². The SMILES string of the molecule is CC(C)NC(=O)c1c(N)sc2c1CCS(=O)(=O)C2. The minimum atomic E-state index is -3.03. The van der Waals surface area contributed by atoms with Crippen LogP contribution >= 0.6 is 11.3 Å². The summed E-state index contributed by atoms with van der Waals surface area (Å²) in [6, 6.07) is 0.0276. The Bertz CT molecular complexity index is 588. The molecule has 18 heavy (non-hydrogen) atoms. The van der Waals surface area contributed by atoms with Gasteiger partial charge in [0.1, 0.15) is 0 Å². The van der Waals surface area contributed by atoms with Crippen molar-refractivity contribution in [3.05, 3.63) is 16.0 Å². The van der Waals surface area contributed by atoms with Crippen LogP contribution < -0.4 is 11.1 Å². The first kappa shape index (κ1) is 13.4. The van der Waals surface area contributed by atoms with Gasteiger partial charge in [-0.05, 0) is 25.8 Å².